The Morgan fingerprint density at radius 2 is 1.67 bits per heavy atom. The number of fused-ring (bicyclic) bond motifs is 2. The van der Waals surface area contributed by atoms with E-state index >= 15 is 8.78 Å². The Morgan fingerprint density at radius 1 is 1.02 bits per heavy atom. The number of ether oxygens (including phenoxy) is 2. The summed E-state index contributed by atoms with van der Waals surface area (Å²) in [5.74, 6) is 1.92. The van der Waals surface area contributed by atoms with Crippen molar-refractivity contribution in [2.45, 2.75) is 58.2 Å². The van der Waals surface area contributed by atoms with Crippen LogP contribution in [-0.4, -0.2) is 31.5 Å². The van der Waals surface area contributed by atoms with Crippen LogP contribution in [0.15, 0.2) is 39.9 Å². The highest BCUT2D eigenvalue weighted by molar-refractivity contribution is 6.90. The van der Waals surface area contributed by atoms with Gasteiger partial charge in [0.1, 0.15) is 19.6 Å². The summed E-state index contributed by atoms with van der Waals surface area (Å²) in [7, 11) is 0.470. The van der Waals surface area contributed by atoms with Crippen LogP contribution in [0.5, 0.6) is 5.75 Å². The molecule has 0 aliphatic heterocycles. The molecule has 43 heavy (non-hydrogen) atoms. The largest absolute Gasteiger partial charge is 0.468 e. The number of nitrogens with zero attached hydrogens (tertiary/aromatic N) is 2. The molecule has 0 spiro atoms. The lowest BCUT2D eigenvalue weighted by atomic mass is 9.90. The highest BCUT2D eigenvalue weighted by Gasteiger charge is 2.41. The van der Waals surface area contributed by atoms with Crippen LogP contribution in [0.25, 0.3) is 32.8 Å². The summed E-state index contributed by atoms with van der Waals surface area (Å²) in [5.41, 5.74) is 2.34. The normalized spacial score (nSPS) is 11.8. The summed E-state index contributed by atoms with van der Waals surface area (Å²) < 4.78 is 44.2. The maximum absolute atomic E-state index is 16.6. The molecular formula is C33H35F2N3O4Si. The first-order valence-corrected chi connectivity index (χ1v) is 16.3. The van der Waals surface area contributed by atoms with E-state index in [2.05, 4.69) is 58.0 Å². The van der Waals surface area contributed by atoms with Gasteiger partial charge in [0.05, 0.1) is 28.1 Å². The van der Waals surface area contributed by atoms with Crippen LogP contribution >= 0.6 is 0 Å². The van der Waals surface area contributed by atoms with Crippen molar-refractivity contribution in [1.82, 2.24) is 9.55 Å². The van der Waals surface area contributed by atoms with E-state index < -0.39 is 31.0 Å². The molecule has 0 unspecified atom stereocenters. The Labute approximate surface area is 250 Å². The molecule has 1 aromatic heterocycles. The molecule has 0 amide bonds. The molecule has 0 saturated carbocycles. The zero-order valence-corrected chi connectivity index (χ0v) is 26.6. The lowest BCUT2D eigenvalue weighted by Gasteiger charge is -2.38. The first kappa shape index (κ1) is 31.7. The van der Waals surface area contributed by atoms with E-state index in [1.165, 1.54) is 32.4 Å². The number of aromatic amines is 1. The van der Waals surface area contributed by atoms with Crippen molar-refractivity contribution in [3.8, 4) is 34.4 Å². The predicted octanol–water partition coefficient (Wildman–Crippen LogP) is 6.75. The van der Waals surface area contributed by atoms with Crippen LogP contribution in [-0.2, 0) is 11.8 Å². The zero-order valence-electron chi connectivity index (χ0n) is 25.6. The standard InChI is InChI=1S/C33H35F2N3O4Si/c1-18(2)43(19(3)4,20(5)6)12-11-24-27(34)10-9-21-13-23(42-17-41-8)15-25(28(21)24)29-22(16-36)14-26-31(30(29)35)38(7)33(40)37-32(26)39/h9-10,13-15,18-20H,17H2,1-8H3,(H,37,39,40). The minimum Gasteiger partial charge on any atom is -0.468 e. The summed E-state index contributed by atoms with van der Waals surface area (Å²) in [5, 5.41) is 10.8. The third kappa shape index (κ3) is 5.37. The number of H-pyrrole nitrogens is 1. The quantitative estimate of drug-likeness (QED) is 0.143. The van der Waals surface area contributed by atoms with E-state index in [0.717, 1.165) is 4.57 Å². The Hall–Kier alpha value is -4.25. The summed E-state index contributed by atoms with van der Waals surface area (Å²) >= 11 is 0. The van der Waals surface area contributed by atoms with Gasteiger partial charge in [-0.3, -0.25) is 14.3 Å². The highest BCUT2D eigenvalue weighted by Crippen LogP contribution is 2.43. The smallest absolute Gasteiger partial charge is 0.328 e. The summed E-state index contributed by atoms with van der Waals surface area (Å²) in [4.78, 5) is 27.2. The summed E-state index contributed by atoms with van der Waals surface area (Å²) in [6, 6.07) is 9.25. The van der Waals surface area contributed by atoms with Gasteiger partial charge in [-0.25, -0.2) is 13.6 Å². The number of aryl methyl sites for hydroxylation is 1. The van der Waals surface area contributed by atoms with Gasteiger partial charge in [-0.05, 0) is 51.8 Å². The molecule has 0 aliphatic carbocycles. The maximum atomic E-state index is 16.6. The van der Waals surface area contributed by atoms with Gasteiger partial charge in [0.2, 0.25) is 0 Å². The fraction of sp³-hybridized carbons (Fsp3) is 0.364. The van der Waals surface area contributed by atoms with E-state index in [0.29, 0.717) is 10.8 Å². The number of aromatic nitrogens is 2. The number of hydrogen-bond donors (Lipinski definition) is 1. The first-order chi connectivity index (χ1) is 20.3. The molecule has 3 aromatic carbocycles. The van der Waals surface area contributed by atoms with Gasteiger partial charge in [-0.2, -0.15) is 5.26 Å². The van der Waals surface area contributed by atoms with Gasteiger partial charge in [-0.1, -0.05) is 53.5 Å². The molecule has 0 radical (unpaired) electrons. The van der Waals surface area contributed by atoms with Crippen molar-refractivity contribution in [1.29, 1.82) is 5.26 Å². The minimum absolute atomic E-state index is 0.0767. The lowest BCUT2D eigenvalue weighted by molar-refractivity contribution is 0.0512. The Morgan fingerprint density at radius 3 is 2.26 bits per heavy atom. The number of methoxy groups -OCH3 is 1. The minimum atomic E-state index is -2.30. The molecule has 224 valence electrons. The topological polar surface area (TPSA) is 97.1 Å². The van der Waals surface area contributed by atoms with Gasteiger partial charge < -0.3 is 9.47 Å². The van der Waals surface area contributed by atoms with Crippen LogP contribution in [0.1, 0.15) is 52.7 Å². The molecule has 0 atom stereocenters. The van der Waals surface area contributed by atoms with Gasteiger partial charge in [-0.15, -0.1) is 5.54 Å². The second kappa shape index (κ2) is 12.2. The van der Waals surface area contributed by atoms with E-state index in [-0.39, 0.29) is 62.3 Å². The van der Waals surface area contributed by atoms with E-state index in [9.17, 15) is 14.9 Å². The van der Waals surface area contributed by atoms with Crippen molar-refractivity contribution >= 4 is 29.7 Å². The van der Waals surface area contributed by atoms with Gasteiger partial charge in [0.25, 0.3) is 5.56 Å². The molecule has 10 heteroatoms. The van der Waals surface area contributed by atoms with Crippen molar-refractivity contribution in [3.63, 3.8) is 0 Å². The predicted molar refractivity (Wildman–Crippen MR) is 168 cm³/mol. The molecule has 4 aromatic rings. The van der Waals surface area contributed by atoms with Crippen LogP contribution in [0.3, 0.4) is 0 Å². The van der Waals surface area contributed by atoms with E-state index in [1.54, 1.807) is 12.1 Å². The van der Waals surface area contributed by atoms with E-state index in [4.69, 9.17) is 9.47 Å². The molecule has 0 fully saturated rings. The van der Waals surface area contributed by atoms with Gasteiger partial charge >= 0.3 is 5.69 Å². The Kier molecular flexibility index (Phi) is 8.96. The Balaban J connectivity index is 2.23. The van der Waals surface area contributed by atoms with Crippen molar-refractivity contribution in [2.24, 2.45) is 7.05 Å². The number of rotatable bonds is 7. The molecule has 0 bridgehead atoms. The highest BCUT2D eigenvalue weighted by atomic mass is 28.3. The van der Waals surface area contributed by atoms with Crippen LogP contribution in [0.4, 0.5) is 8.78 Å². The van der Waals surface area contributed by atoms with E-state index in [1.807, 2.05) is 6.07 Å². The van der Waals surface area contributed by atoms with Gasteiger partial charge in [0.15, 0.2) is 12.6 Å². The van der Waals surface area contributed by atoms with Crippen molar-refractivity contribution in [3.05, 3.63) is 73.9 Å². The zero-order chi connectivity index (χ0) is 31.8. The third-order valence-corrected chi connectivity index (χ3v) is 14.7. The maximum Gasteiger partial charge on any atom is 0.328 e. The molecular weight excluding hydrogens is 568 g/mol. The fourth-order valence-corrected chi connectivity index (χ4v) is 11.6. The molecule has 1 N–H and O–H groups in total. The molecule has 0 saturated heterocycles. The number of nitriles is 1. The SMILES string of the molecule is COCOc1cc(-c2c(C#N)cc3c(=O)[nH]c(=O)n(C)c3c2F)c2c(C#C[Si](C(C)C)(C(C)C)C(C)C)c(F)ccc2c1. The molecule has 0 aliphatic rings. The summed E-state index contributed by atoms with van der Waals surface area (Å²) in [6.45, 7) is 12.8. The average Bonchev–Trinajstić information content (AvgIpc) is 2.94. The third-order valence-electron chi connectivity index (χ3n) is 8.39. The number of nitrogens with one attached hydrogen (secondary N) is 1. The first-order valence-electron chi connectivity index (χ1n) is 14.1. The fourth-order valence-electron chi connectivity index (χ4n) is 6.39. The number of halogens is 2. The van der Waals surface area contributed by atoms with Crippen molar-refractivity contribution < 1.29 is 18.3 Å². The monoisotopic (exact) mass is 603 g/mol. The lowest BCUT2D eigenvalue weighted by Crippen LogP contribution is -2.43. The van der Waals surface area contributed by atoms with Crippen LogP contribution in [0, 0.1) is 34.4 Å². The average molecular weight is 604 g/mol. The van der Waals surface area contributed by atoms with Crippen LogP contribution < -0.4 is 16.0 Å². The molecule has 1 heterocycles. The second-order valence-corrected chi connectivity index (χ2v) is 17.2. The Bertz CT molecular complexity index is 1940. The number of benzene rings is 3. The van der Waals surface area contributed by atoms with Crippen molar-refractivity contribution in [2.75, 3.05) is 13.9 Å². The summed E-state index contributed by atoms with van der Waals surface area (Å²) in [6.07, 6.45) is 0. The van der Waals surface area contributed by atoms with Gasteiger partial charge in [0, 0.05) is 25.1 Å². The van der Waals surface area contributed by atoms with Crippen LogP contribution in [0.2, 0.25) is 16.6 Å². The number of hydrogen-bond acceptors (Lipinski definition) is 5. The molecule has 7 nitrogen and oxygen atoms in total. The molecule has 4 rings (SSSR count). The second-order valence-electron chi connectivity index (χ2n) is 11.6.